The Kier molecular flexibility index (Phi) is 5.44. The molecular formula is C14H22NO4+. The maximum atomic E-state index is 9.97. The first-order valence-electron chi connectivity index (χ1n) is 6.64. The summed E-state index contributed by atoms with van der Waals surface area (Å²) in [4.78, 5) is 1.37. The van der Waals surface area contributed by atoms with Gasteiger partial charge in [-0.05, 0) is 12.1 Å². The lowest BCUT2D eigenvalue weighted by molar-refractivity contribution is -0.911. The van der Waals surface area contributed by atoms with E-state index in [0.717, 1.165) is 37.8 Å². The summed E-state index contributed by atoms with van der Waals surface area (Å²) in [6.07, 6.45) is -0.459. The molecule has 1 saturated heterocycles. The van der Waals surface area contributed by atoms with E-state index in [1.807, 2.05) is 24.3 Å². The Morgan fingerprint density at radius 3 is 2.79 bits per heavy atom. The average Bonchev–Trinajstić information content (AvgIpc) is 2.46. The number of aliphatic hydroxyl groups is 1. The molecule has 5 nitrogen and oxygen atoms in total. The van der Waals surface area contributed by atoms with Gasteiger partial charge in [0.05, 0.1) is 20.3 Å². The molecule has 1 aromatic rings. The molecule has 1 atom stereocenters. The van der Waals surface area contributed by atoms with E-state index in [-0.39, 0.29) is 0 Å². The fourth-order valence-electron chi connectivity index (χ4n) is 2.14. The quantitative estimate of drug-likeness (QED) is 0.720. The van der Waals surface area contributed by atoms with Crippen LogP contribution in [0, 0.1) is 0 Å². The number of morpholine rings is 1. The molecule has 0 bridgehead atoms. The third-order valence-electron chi connectivity index (χ3n) is 3.21. The number of benzene rings is 1. The first-order valence-corrected chi connectivity index (χ1v) is 6.64. The van der Waals surface area contributed by atoms with Gasteiger partial charge >= 0.3 is 0 Å². The van der Waals surface area contributed by atoms with E-state index in [2.05, 4.69) is 0 Å². The van der Waals surface area contributed by atoms with Crippen LogP contribution < -0.4 is 14.4 Å². The Morgan fingerprint density at radius 2 is 2.05 bits per heavy atom. The average molecular weight is 268 g/mol. The van der Waals surface area contributed by atoms with Crippen LogP contribution in [0.25, 0.3) is 0 Å². The third-order valence-corrected chi connectivity index (χ3v) is 3.21. The Balaban J connectivity index is 1.74. The molecular weight excluding hydrogens is 246 g/mol. The van der Waals surface area contributed by atoms with Gasteiger partial charge in [0.25, 0.3) is 0 Å². The molecule has 2 N–H and O–H groups in total. The second kappa shape index (κ2) is 7.33. The van der Waals surface area contributed by atoms with Crippen molar-refractivity contribution in [3.63, 3.8) is 0 Å². The van der Waals surface area contributed by atoms with Crippen molar-refractivity contribution in [2.45, 2.75) is 6.10 Å². The lowest BCUT2D eigenvalue weighted by atomic mass is 10.3. The maximum Gasteiger partial charge on any atom is 0.137 e. The molecule has 1 heterocycles. The highest BCUT2D eigenvalue weighted by atomic mass is 16.5. The van der Waals surface area contributed by atoms with Crippen molar-refractivity contribution < 1.29 is 24.2 Å². The number of hydrogen-bond acceptors (Lipinski definition) is 4. The summed E-state index contributed by atoms with van der Waals surface area (Å²) < 4.78 is 16.0. The molecule has 0 aliphatic carbocycles. The number of hydrogen-bond donors (Lipinski definition) is 2. The van der Waals surface area contributed by atoms with Crippen molar-refractivity contribution in [3.05, 3.63) is 24.3 Å². The van der Waals surface area contributed by atoms with Crippen LogP contribution in [0.2, 0.25) is 0 Å². The fourth-order valence-corrected chi connectivity index (χ4v) is 2.14. The zero-order chi connectivity index (χ0) is 13.5. The van der Waals surface area contributed by atoms with Gasteiger partial charge in [0.2, 0.25) is 0 Å². The summed E-state index contributed by atoms with van der Waals surface area (Å²) in [6.45, 7) is 4.47. The SMILES string of the molecule is COc1cccc(OC[C@H](O)C[NH+]2CCOCC2)c1. The molecule has 1 fully saturated rings. The van der Waals surface area contributed by atoms with Crippen LogP contribution in [0.15, 0.2) is 24.3 Å². The summed E-state index contributed by atoms with van der Waals surface area (Å²) in [5.74, 6) is 1.47. The van der Waals surface area contributed by atoms with E-state index in [0.29, 0.717) is 13.2 Å². The fraction of sp³-hybridized carbons (Fsp3) is 0.571. The smallest absolute Gasteiger partial charge is 0.137 e. The minimum atomic E-state index is -0.459. The predicted octanol–water partition coefficient (Wildman–Crippen LogP) is -0.650. The van der Waals surface area contributed by atoms with Crippen molar-refractivity contribution in [3.8, 4) is 11.5 Å². The molecule has 106 valence electrons. The van der Waals surface area contributed by atoms with Crippen LogP contribution in [-0.4, -0.2) is 57.8 Å². The van der Waals surface area contributed by atoms with Crippen LogP contribution in [0.3, 0.4) is 0 Å². The number of nitrogens with one attached hydrogen (secondary N) is 1. The van der Waals surface area contributed by atoms with Crippen LogP contribution in [0.4, 0.5) is 0 Å². The molecule has 0 aromatic heterocycles. The number of methoxy groups -OCH3 is 1. The van der Waals surface area contributed by atoms with Crippen molar-refractivity contribution >= 4 is 0 Å². The van der Waals surface area contributed by atoms with Gasteiger partial charge in [0.15, 0.2) is 0 Å². The number of ether oxygens (including phenoxy) is 3. The summed E-state index contributed by atoms with van der Waals surface area (Å²) in [5, 5.41) is 9.97. The number of quaternary nitrogens is 1. The maximum absolute atomic E-state index is 9.97. The molecule has 1 aromatic carbocycles. The molecule has 0 saturated carbocycles. The largest absolute Gasteiger partial charge is 0.497 e. The molecule has 0 amide bonds. The van der Waals surface area contributed by atoms with E-state index in [1.54, 1.807) is 7.11 Å². The molecule has 0 unspecified atom stereocenters. The lowest BCUT2D eigenvalue weighted by Crippen LogP contribution is -3.15. The molecule has 19 heavy (non-hydrogen) atoms. The first kappa shape index (κ1) is 14.1. The Hall–Kier alpha value is -1.30. The summed E-state index contributed by atoms with van der Waals surface area (Å²) in [7, 11) is 1.62. The van der Waals surface area contributed by atoms with Crippen molar-refractivity contribution in [1.82, 2.24) is 0 Å². The van der Waals surface area contributed by atoms with Crippen LogP contribution >= 0.6 is 0 Å². The zero-order valence-electron chi connectivity index (χ0n) is 11.3. The third kappa shape index (κ3) is 4.70. The molecule has 0 radical (unpaired) electrons. The van der Waals surface area contributed by atoms with Crippen molar-refractivity contribution in [2.75, 3.05) is 46.6 Å². The van der Waals surface area contributed by atoms with Crippen molar-refractivity contribution in [2.24, 2.45) is 0 Å². The summed E-state index contributed by atoms with van der Waals surface area (Å²) >= 11 is 0. The molecule has 1 aliphatic rings. The first-order chi connectivity index (χ1) is 9.28. The topological polar surface area (TPSA) is 52.4 Å². The molecule has 0 spiro atoms. The number of rotatable bonds is 6. The van der Waals surface area contributed by atoms with E-state index in [4.69, 9.17) is 14.2 Å². The van der Waals surface area contributed by atoms with Crippen LogP contribution in [0.1, 0.15) is 0 Å². The van der Waals surface area contributed by atoms with Gasteiger partial charge in [0.1, 0.15) is 43.8 Å². The normalized spacial score (nSPS) is 18.0. The zero-order valence-corrected chi connectivity index (χ0v) is 11.3. The second-order valence-corrected chi connectivity index (χ2v) is 4.71. The highest BCUT2D eigenvalue weighted by molar-refractivity contribution is 5.32. The van der Waals surface area contributed by atoms with Gasteiger partial charge in [-0.15, -0.1) is 0 Å². The standard InChI is InChI=1S/C14H21NO4/c1-17-13-3-2-4-14(9-13)19-11-12(16)10-15-5-7-18-8-6-15/h2-4,9,12,16H,5-8,10-11H2,1H3/p+1/t12-/m1/s1. The van der Waals surface area contributed by atoms with E-state index >= 15 is 0 Å². The van der Waals surface area contributed by atoms with Gasteiger partial charge in [-0.2, -0.15) is 0 Å². The monoisotopic (exact) mass is 268 g/mol. The highest BCUT2D eigenvalue weighted by Crippen LogP contribution is 2.18. The van der Waals surface area contributed by atoms with Crippen molar-refractivity contribution in [1.29, 1.82) is 0 Å². The Labute approximate surface area is 113 Å². The van der Waals surface area contributed by atoms with Gasteiger partial charge in [-0.1, -0.05) is 6.07 Å². The minimum Gasteiger partial charge on any atom is -0.497 e. The van der Waals surface area contributed by atoms with Gasteiger partial charge in [-0.3, -0.25) is 0 Å². The highest BCUT2D eigenvalue weighted by Gasteiger charge is 2.18. The van der Waals surface area contributed by atoms with Gasteiger partial charge < -0.3 is 24.2 Å². The Bertz CT molecular complexity index is 379. The second-order valence-electron chi connectivity index (χ2n) is 4.71. The van der Waals surface area contributed by atoms with Gasteiger partial charge in [-0.25, -0.2) is 0 Å². The summed E-state index contributed by atoms with van der Waals surface area (Å²) in [5.41, 5.74) is 0. The van der Waals surface area contributed by atoms with Crippen LogP contribution in [-0.2, 0) is 4.74 Å². The van der Waals surface area contributed by atoms with E-state index in [9.17, 15) is 5.11 Å². The molecule has 5 heteroatoms. The van der Waals surface area contributed by atoms with E-state index < -0.39 is 6.10 Å². The summed E-state index contributed by atoms with van der Waals surface area (Å²) in [6, 6.07) is 7.40. The Morgan fingerprint density at radius 1 is 1.32 bits per heavy atom. The molecule has 1 aliphatic heterocycles. The van der Waals surface area contributed by atoms with Gasteiger partial charge in [0, 0.05) is 6.07 Å². The number of aliphatic hydroxyl groups excluding tert-OH is 1. The minimum absolute atomic E-state index is 0.303. The lowest BCUT2D eigenvalue weighted by Gasteiger charge is -2.25. The van der Waals surface area contributed by atoms with E-state index in [1.165, 1.54) is 4.90 Å². The molecule has 2 rings (SSSR count). The van der Waals surface area contributed by atoms with Crippen LogP contribution in [0.5, 0.6) is 11.5 Å². The predicted molar refractivity (Wildman–Crippen MR) is 70.9 cm³/mol.